The summed E-state index contributed by atoms with van der Waals surface area (Å²) in [5, 5.41) is 22.5. The Bertz CT molecular complexity index is 375. The lowest BCUT2D eigenvalue weighted by molar-refractivity contribution is 0.149. The van der Waals surface area contributed by atoms with Crippen LogP contribution in [0.5, 0.6) is 5.75 Å². The van der Waals surface area contributed by atoms with Crippen molar-refractivity contribution >= 4 is 31.9 Å². The fraction of sp³-hybridized carbons (Fsp3) is 0.538. The van der Waals surface area contributed by atoms with Gasteiger partial charge in [0, 0.05) is 12.1 Å². The van der Waals surface area contributed by atoms with E-state index in [2.05, 4.69) is 51.0 Å². The number of nitrogens with one attached hydrogen (secondary N) is 1. The summed E-state index contributed by atoms with van der Waals surface area (Å²) in [7, 11) is 0. The van der Waals surface area contributed by atoms with Gasteiger partial charge in [-0.3, -0.25) is 0 Å². The predicted molar refractivity (Wildman–Crippen MR) is 80.7 cm³/mol. The lowest BCUT2D eigenvalue weighted by Gasteiger charge is -2.31. The Balaban J connectivity index is 2.80. The normalized spacial score (nSPS) is 11.8. The minimum Gasteiger partial charge on any atom is -0.506 e. The summed E-state index contributed by atoms with van der Waals surface area (Å²) in [5.74, 6) is 0.207. The third-order valence-electron chi connectivity index (χ3n) is 3.40. The summed E-state index contributed by atoms with van der Waals surface area (Å²) in [6.07, 6.45) is 1.75. The van der Waals surface area contributed by atoms with E-state index in [0.717, 1.165) is 18.4 Å². The van der Waals surface area contributed by atoms with E-state index in [4.69, 9.17) is 0 Å². The Morgan fingerprint density at radius 3 is 2.06 bits per heavy atom. The minimum atomic E-state index is -0.225. The maximum atomic E-state index is 9.64. The van der Waals surface area contributed by atoms with Crippen molar-refractivity contribution in [2.45, 2.75) is 38.8 Å². The summed E-state index contributed by atoms with van der Waals surface area (Å²) in [6, 6.07) is 3.75. The number of phenols is 1. The lowest BCUT2D eigenvalue weighted by atomic mass is 9.93. The lowest BCUT2D eigenvalue weighted by Crippen LogP contribution is -2.47. The van der Waals surface area contributed by atoms with Gasteiger partial charge < -0.3 is 15.5 Å². The van der Waals surface area contributed by atoms with Crippen molar-refractivity contribution in [2.75, 3.05) is 6.61 Å². The Hall–Kier alpha value is -0.100. The maximum absolute atomic E-state index is 9.64. The molecule has 1 aromatic carbocycles. The first-order valence-corrected chi connectivity index (χ1v) is 7.59. The summed E-state index contributed by atoms with van der Waals surface area (Å²) in [6.45, 7) is 4.91. The predicted octanol–water partition coefficient (Wildman–Crippen LogP) is 3.56. The quantitative estimate of drug-likeness (QED) is 0.707. The first-order valence-electron chi connectivity index (χ1n) is 6.00. The number of hydrogen-bond acceptors (Lipinski definition) is 3. The summed E-state index contributed by atoms with van der Waals surface area (Å²) >= 11 is 6.62. The van der Waals surface area contributed by atoms with Crippen LogP contribution in [0.15, 0.2) is 21.1 Å². The Morgan fingerprint density at radius 1 is 1.17 bits per heavy atom. The van der Waals surface area contributed by atoms with Crippen LogP contribution in [0, 0.1) is 0 Å². The molecule has 0 atom stereocenters. The molecule has 0 saturated carbocycles. The second kappa shape index (κ2) is 6.89. The van der Waals surface area contributed by atoms with E-state index in [9.17, 15) is 10.2 Å². The van der Waals surface area contributed by atoms with Crippen molar-refractivity contribution in [3.63, 3.8) is 0 Å². The van der Waals surface area contributed by atoms with Gasteiger partial charge in [0.05, 0.1) is 15.6 Å². The fourth-order valence-corrected chi connectivity index (χ4v) is 3.07. The number of aromatic hydroxyl groups is 1. The van der Waals surface area contributed by atoms with Crippen LogP contribution >= 0.6 is 31.9 Å². The van der Waals surface area contributed by atoms with Crippen molar-refractivity contribution in [3.05, 3.63) is 26.6 Å². The van der Waals surface area contributed by atoms with Gasteiger partial charge in [-0.2, -0.15) is 0 Å². The molecular formula is C13H19Br2NO2. The molecule has 0 aliphatic carbocycles. The minimum absolute atomic E-state index is 0.125. The summed E-state index contributed by atoms with van der Waals surface area (Å²) in [5.41, 5.74) is 0.822. The van der Waals surface area contributed by atoms with E-state index in [-0.39, 0.29) is 17.9 Å². The van der Waals surface area contributed by atoms with Gasteiger partial charge in [-0.15, -0.1) is 0 Å². The average Bonchev–Trinajstić information content (AvgIpc) is 2.38. The molecule has 0 aromatic heterocycles. The van der Waals surface area contributed by atoms with Crippen LogP contribution in [0.2, 0.25) is 0 Å². The molecule has 0 heterocycles. The zero-order valence-corrected chi connectivity index (χ0v) is 13.8. The van der Waals surface area contributed by atoms with Crippen LogP contribution in [0.1, 0.15) is 32.3 Å². The molecule has 1 aromatic rings. The maximum Gasteiger partial charge on any atom is 0.143 e. The number of aliphatic hydroxyl groups is 1. The molecule has 0 unspecified atom stereocenters. The van der Waals surface area contributed by atoms with E-state index in [1.807, 2.05) is 12.1 Å². The monoisotopic (exact) mass is 379 g/mol. The van der Waals surface area contributed by atoms with Crippen molar-refractivity contribution in [2.24, 2.45) is 0 Å². The Kier molecular flexibility index (Phi) is 6.11. The Morgan fingerprint density at radius 2 is 1.67 bits per heavy atom. The van der Waals surface area contributed by atoms with Crippen LogP contribution in [0.3, 0.4) is 0 Å². The molecule has 3 nitrogen and oxygen atoms in total. The zero-order chi connectivity index (χ0) is 13.8. The van der Waals surface area contributed by atoms with Gasteiger partial charge in [0.2, 0.25) is 0 Å². The van der Waals surface area contributed by atoms with E-state index < -0.39 is 0 Å². The number of benzene rings is 1. The molecule has 0 radical (unpaired) electrons. The molecule has 5 heteroatoms. The standard InChI is InChI=1S/C13H19Br2NO2/c1-3-13(4-2,8-17)16-7-9-5-10(14)12(18)11(15)6-9/h5-6,16-18H,3-4,7-8H2,1-2H3. The molecule has 0 fully saturated rings. The molecule has 1 rings (SSSR count). The van der Waals surface area contributed by atoms with Gasteiger partial charge in [-0.1, -0.05) is 13.8 Å². The largest absolute Gasteiger partial charge is 0.506 e. The first-order chi connectivity index (χ1) is 8.48. The summed E-state index contributed by atoms with van der Waals surface area (Å²) < 4.78 is 1.33. The molecule has 0 saturated heterocycles. The number of phenolic OH excluding ortho intramolecular Hbond substituents is 1. The van der Waals surface area contributed by atoms with E-state index in [0.29, 0.717) is 15.5 Å². The number of aliphatic hydroxyl groups excluding tert-OH is 1. The van der Waals surface area contributed by atoms with Crippen LogP contribution in [0.25, 0.3) is 0 Å². The molecule has 18 heavy (non-hydrogen) atoms. The van der Waals surface area contributed by atoms with Gasteiger partial charge in [-0.05, 0) is 62.4 Å². The van der Waals surface area contributed by atoms with Gasteiger partial charge in [-0.25, -0.2) is 0 Å². The highest BCUT2D eigenvalue weighted by Gasteiger charge is 2.24. The van der Waals surface area contributed by atoms with Gasteiger partial charge >= 0.3 is 0 Å². The highest BCUT2D eigenvalue weighted by molar-refractivity contribution is 9.11. The topological polar surface area (TPSA) is 52.5 Å². The zero-order valence-electron chi connectivity index (χ0n) is 10.6. The second-order valence-electron chi connectivity index (χ2n) is 4.41. The third kappa shape index (κ3) is 3.70. The average molecular weight is 381 g/mol. The third-order valence-corrected chi connectivity index (χ3v) is 4.61. The van der Waals surface area contributed by atoms with Crippen LogP contribution < -0.4 is 5.32 Å². The Labute approximate surface area is 125 Å². The molecule has 0 spiro atoms. The highest BCUT2D eigenvalue weighted by atomic mass is 79.9. The number of hydrogen-bond donors (Lipinski definition) is 3. The number of rotatable bonds is 6. The molecule has 0 amide bonds. The van der Waals surface area contributed by atoms with Crippen LogP contribution in [-0.2, 0) is 6.54 Å². The molecule has 0 aliphatic heterocycles. The smallest absolute Gasteiger partial charge is 0.143 e. The number of halogens is 2. The molecule has 3 N–H and O–H groups in total. The second-order valence-corrected chi connectivity index (χ2v) is 6.12. The SMILES string of the molecule is CCC(CC)(CO)NCc1cc(Br)c(O)c(Br)c1. The van der Waals surface area contributed by atoms with E-state index in [1.165, 1.54) is 0 Å². The van der Waals surface area contributed by atoms with Crippen LogP contribution in [-0.4, -0.2) is 22.4 Å². The molecule has 102 valence electrons. The van der Waals surface area contributed by atoms with Gasteiger partial charge in [0.15, 0.2) is 0 Å². The van der Waals surface area contributed by atoms with Gasteiger partial charge in [0.25, 0.3) is 0 Å². The molecular weight excluding hydrogens is 362 g/mol. The van der Waals surface area contributed by atoms with Gasteiger partial charge in [0.1, 0.15) is 5.75 Å². The fourth-order valence-electron chi connectivity index (χ4n) is 1.79. The summed E-state index contributed by atoms with van der Waals surface area (Å²) in [4.78, 5) is 0. The van der Waals surface area contributed by atoms with Crippen molar-refractivity contribution < 1.29 is 10.2 Å². The van der Waals surface area contributed by atoms with Crippen molar-refractivity contribution in [1.29, 1.82) is 0 Å². The highest BCUT2D eigenvalue weighted by Crippen LogP contribution is 2.33. The van der Waals surface area contributed by atoms with Crippen LogP contribution in [0.4, 0.5) is 0 Å². The molecule has 0 bridgehead atoms. The van der Waals surface area contributed by atoms with Crippen molar-refractivity contribution in [1.82, 2.24) is 5.32 Å². The molecule has 0 aliphatic rings. The first kappa shape index (κ1) is 16.0. The van der Waals surface area contributed by atoms with Crippen molar-refractivity contribution in [3.8, 4) is 5.75 Å². The van der Waals surface area contributed by atoms with E-state index in [1.54, 1.807) is 0 Å². The van der Waals surface area contributed by atoms with E-state index >= 15 is 0 Å².